The van der Waals surface area contributed by atoms with Crippen molar-refractivity contribution in [3.63, 3.8) is 0 Å². The first-order valence-corrected chi connectivity index (χ1v) is 5.27. The highest BCUT2D eigenvalue weighted by Crippen LogP contribution is 2.28. The van der Waals surface area contributed by atoms with E-state index in [2.05, 4.69) is 15.2 Å². The van der Waals surface area contributed by atoms with Crippen molar-refractivity contribution in [2.24, 2.45) is 0 Å². The van der Waals surface area contributed by atoms with Crippen molar-refractivity contribution < 1.29 is 4.79 Å². The van der Waals surface area contributed by atoms with Crippen LogP contribution in [0.25, 0.3) is 0 Å². The molecule has 0 saturated heterocycles. The lowest BCUT2D eigenvalue weighted by Crippen LogP contribution is -1.85. The Kier molecular flexibility index (Phi) is 3.03. The predicted molar refractivity (Wildman–Crippen MR) is 57.3 cm³/mol. The molecule has 4 nitrogen and oxygen atoms in total. The molecule has 0 unspecified atom stereocenters. The minimum absolute atomic E-state index is 0.541. The number of hydrogen-bond acceptors (Lipinski definition) is 4. The summed E-state index contributed by atoms with van der Waals surface area (Å²) < 4.78 is 0. The van der Waals surface area contributed by atoms with Gasteiger partial charge in [-0.15, -0.1) is 0 Å². The monoisotopic (exact) mass is 239 g/mol. The summed E-state index contributed by atoms with van der Waals surface area (Å²) in [5, 5.41) is 7.60. The highest BCUT2D eigenvalue weighted by atomic mass is 35.5. The van der Waals surface area contributed by atoms with Crippen molar-refractivity contribution in [3.8, 4) is 0 Å². The van der Waals surface area contributed by atoms with E-state index in [-0.39, 0.29) is 0 Å². The van der Waals surface area contributed by atoms with Gasteiger partial charge in [-0.3, -0.25) is 9.89 Å². The zero-order chi connectivity index (χ0) is 10.7. The predicted octanol–water partition coefficient (Wildman–Crippen LogP) is 2.42. The molecule has 0 spiro atoms. The second kappa shape index (κ2) is 4.46. The molecule has 0 aliphatic carbocycles. The Labute approximate surface area is 95.1 Å². The number of hydrogen-bond donors (Lipinski definition) is 1. The van der Waals surface area contributed by atoms with Gasteiger partial charge in [-0.05, 0) is 30.0 Å². The Morgan fingerprint density at radius 1 is 1.47 bits per heavy atom. The largest absolute Gasteiger partial charge is 0.298 e. The van der Waals surface area contributed by atoms with Gasteiger partial charge in [-0.1, -0.05) is 11.6 Å². The number of rotatable bonds is 3. The van der Waals surface area contributed by atoms with Gasteiger partial charge in [0, 0.05) is 15.5 Å². The van der Waals surface area contributed by atoms with Gasteiger partial charge >= 0.3 is 0 Å². The van der Waals surface area contributed by atoms with Crippen molar-refractivity contribution >= 4 is 29.6 Å². The molecule has 76 valence electrons. The van der Waals surface area contributed by atoms with Gasteiger partial charge in [-0.2, -0.15) is 5.10 Å². The first kappa shape index (κ1) is 10.2. The lowest BCUT2D eigenvalue weighted by Gasteiger charge is -2.01. The molecule has 1 aromatic carbocycles. The van der Waals surface area contributed by atoms with Gasteiger partial charge in [0.2, 0.25) is 0 Å². The molecule has 1 heterocycles. The molecule has 0 bridgehead atoms. The minimum atomic E-state index is 0.541. The average molecular weight is 240 g/mol. The SMILES string of the molecule is O=Cc1cc(Cl)ccc1Sc1ncn[nH]1. The second-order valence-electron chi connectivity index (χ2n) is 2.69. The van der Waals surface area contributed by atoms with Crippen molar-refractivity contribution in [2.45, 2.75) is 10.1 Å². The van der Waals surface area contributed by atoms with E-state index in [0.29, 0.717) is 15.7 Å². The molecule has 0 amide bonds. The number of carbonyl (C=O) groups excluding carboxylic acids is 1. The maximum absolute atomic E-state index is 10.8. The van der Waals surface area contributed by atoms with Gasteiger partial charge in [-0.25, -0.2) is 4.98 Å². The molecule has 0 saturated carbocycles. The number of H-pyrrole nitrogens is 1. The average Bonchev–Trinajstić information content (AvgIpc) is 2.73. The van der Waals surface area contributed by atoms with Crippen LogP contribution >= 0.6 is 23.4 Å². The zero-order valence-electron chi connectivity index (χ0n) is 7.48. The quantitative estimate of drug-likeness (QED) is 0.836. The normalized spacial score (nSPS) is 10.2. The number of benzene rings is 1. The van der Waals surface area contributed by atoms with Crippen LogP contribution in [0.5, 0.6) is 0 Å². The minimum Gasteiger partial charge on any atom is -0.298 e. The Morgan fingerprint density at radius 3 is 3.00 bits per heavy atom. The molecule has 0 atom stereocenters. The van der Waals surface area contributed by atoms with Crippen molar-refractivity contribution in [3.05, 3.63) is 35.1 Å². The lowest BCUT2D eigenvalue weighted by molar-refractivity contribution is 0.112. The standard InChI is InChI=1S/C9H6ClN3OS/c10-7-1-2-8(6(3-7)4-14)15-9-11-5-12-13-9/h1-5H,(H,11,12,13). The molecule has 1 N–H and O–H groups in total. The van der Waals surface area contributed by atoms with Crippen molar-refractivity contribution in [1.82, 2.24) is 15.2 Å². The molecule has 0 fully saturated rings. The zero-order valence-corrected chi connectivity index (χ0v) is 9.05. The van der Waals surface area contributed by atoms with E-state index in [9.17, 15) is 4.79 Å². The summed E-state index contributed by atoms with van der Waals surface area (Å²) in [6.07, 6.45) is 2.18. The Balaban J connectivity index is 2.32. The highest BCUT2D eigenvalue weighted by Gasteiger charge is 2.06. The third-order valence-electron chi connectivity index (χ3n) is 1.70. The van der Waals surface area contributed by atoms with E-state index in [1.165, 1.54) is 18.1 Å². The summed E-state index contributed by atoms with van der Waals surface area (Å²) in [5.41, 5.74) is 0.545. The van der Waals surface area contributed by atoms with Crippen LogP contribution in [0.3, 0.4) is 0 Å². The summed E-state index contributed by atoms with van der Waals surface area (Å²) in [6, 6.07) is 5.12. The molecule has 0 aliphatic rings. The molecule has 0 aliphatic heterocycles. The molecule has 2 aromatic rings. The second-order valence-corrected chi connectivity index (χ2v) is 4.16. The summed E-state index contributed by atoms with van der Waals surface area (Å²) in [5.74, 6) is 0. The molecule has 1 aromatic heterocycles. The number of aldehydes is 1. The first-order chi connectivity index (χ1) is 7.29. The lowest BCUT2D eigenvalue weighted by atomic mass is 10.2. The van der Waals surface area contributed by atoms with Crippen LogP contribution in [0.1, 0.15) is 10.4 Å². The highest BCUT2D eigenvalue weighted by molar-refractivity contribution is 7.99. The molecule has 15 heavy (non-hydrogen) atoms. The van der Waals surface area contributed by atoms with Crippen LogP contribution in [0.2, 0.25) is 5.02 Å². The van der Waals surface area contributed by atoms with Gasteiger partial charge in [0.15, 0.2) is 11.4 Å². The topological polar surface area (TPSA) is 58.6 Å². The smallest absolute Gasteiger partial charge is 0.188 e. The van der Waals surface area contributed by atoms with Crippen LogP contribution in [-0.2, 0) is 0 Å². The molecule has 6 heteroatoms. The van der Waals surface area contributed by atoms with E-state index in [4.69, 9.17) is 11.6 Å². The molecular formula is C9H6ClN3OS. The third kappa shape index (κ3) is 2.37. The van der Waals surface area contributed by atoms with Gasteiger partial charge < -0.3 is 0 Å². The first-order valence-electron chi connectivity index (χ1n) is 4.07. The summed E-state index contributed by atoms with van der Waals surface area (Å²) in [4.78, 5) is 15.5. The number of halogens is 1. The molecule has 0 radical (unpaired) electrons. The van der Waals surface area contributed by atoms with Crippen LogP contribution in [0.15, 0.2) is 34.6 Å². The molecule has 2 rings (SSSR count). The summed E-state index contributed by atoms with van der Waals surface area (Å²) in [6.45, 7) is 0. The number of carbonyl (C=O) groups is 1. The van der Waals surface area contributed by atoms with Crippen LogP contribution in [0, 0.1) is 0 Å². The van der Waals surface area contributed by atoms with Crippen LogP contribution in [-0.4, -0.2) is 21.5 Å². The van der Waals surface area contributed by atoms with Crippen LogP contribution < -0.4 is 0 Å². The van der Waals surface area contributed by atoms with E-state index >= 15 is 0 Å². The third-order valence-corrected chi connectivity index (χ3v) is 2.92. The Bertz CT molecular complexity index is 472. The number of nitrogens with one attached hydrogen (secondary N) is 1. The fraction of sp³-hybridized carbons (Fsp3) is 0. The van der Waals surface area contributed by atoms with E-state index in [0.717, 1.165) is 11.2 Å². The van der Waals surface area contributed by atoms with Gasteiger partial charge in [0.1, 0.15) is 6.33 Å². The number of aromatic amines is 1. The van der Waals surface area contributed by atoms with E-state index in [1.54, 1.807) is 18.2 Å². The number of nitrogens with zero attached hydrogens (tertiary/aromatic N) is 2. The fourth-order valence-electron chi connectivity index (χ4n) is 1.05. The maximum Gasteiger partial charge on any atom is 0.188 e. The molecular weight excluding hydrogens is 234 g/mol. The maximum atomic E-state index is 10.8. The number of aromatic nitrogens is 3. The fourth-order valence-corrected chi connectivity index (χ4v) is 2.00. The Hall–Kier alpha value is -1.33. The van der Waals surface area contributed by atoms with Crippen molar-refractivity contribution in [2.75, 3.05) is 0 Å². The van der Waals surface area contributed by atoms with Crippen LogP contribution in [0.4, 0.5) is 0 Å². The summed E-state index contributed by atoms with van der Waals surface area (Å²) in [7, 11) is 0. The van der Waals surface area contributed by atoms with Gasteiger partial charge in [0.25, 0.3) is 0 Å². The Morgan fingerprint density at radius 2 is 2.33 bits per heavy atom. The van der Waals surface area contributed by atoms with Crippen molar-refractivity contribution in [1.29, 1.82) is 0 Å². The summed E-state index contributed by atoms with van der Waals surface area (Å²) >= 11 is 7.11. The van der Waals surface area contributed by atoms with E-state index < -0.39 is 0 Å². The van der Waals surface area contributed by atoms with E-state index in [1.807, 2.05) is 0 Å². The van der Waals surface area contributed by atoms with Gasteiger partial charge in [0.05, 0.1) is 0 Å².